The maximum absolute atomic E-state index is 12.8. The lowest BCUT2D eigenvalue weighted by atomic mass is 9.88. The molecule has 5 fully saturated rings. The van der Waals surface area contributed by atoms with E-state index in [1.54, 1.807) is 76.2 Å². The van der Waals surface area contributed by atoms with Crippen LogP contribution in [-0.4, -0.2) is 126 Å². The minimum atomic E-state index is -4.42. The van der Waals surface area contributed by atoms with Crippen LogP contribution in [0, 0.1) is 22.2 Å². The number of rotatable bonds is 16. The topological polar surface area (TPSA) is 388 Å². The molecule has 12 rings (SSSR count). The number of carbonyl (C=O) groups excluding carboxylic acids is 10. The van der Waals surface area contributed by atoms with Crippen molar-refractivity contribution in [3.63, 3.8) is 0 Å². The Balaban J connectivity index is 0.000000258. The number of nitrogens with one attached hydrogen (secondary N) is 8. The molecule has 36 heteroatoms. The average molecular weight is 1640 g/mol. The van der Waals surface area contributed by atoms with E-state index in [1.807, 2.05) is 29.7 Å². The number of nitrogens with two attached hydrogens (primary N) is 1. The Morgan fingerprint density at radius 3 is 1.29 bits per heavy atom. The van der Waals surface area contributed by atoms with Gasteiger partial charge in [0.05, 0.1) is 29.9 Å². The van der Waals surface area contributed by atoms with Crippen molar-refractivity contribution in [2.75, 3.05) is 45.9 Å². The summed E-state index contributed by atoms with van der Waals surface area (Å²) in [6.07, 6.45) is -9.76. The molecule has 7 aromatic rings. The summed E-state index contributed by atoms with van der Waals surface area (Å²) in [6, 6.07) is 35.3. The van der Waals surface area contributed by atoms with Crippen LogP contribution in [0.2, 0.25) is 0 Å². The number of nitrogen functional groups attached to an aromatic ring is 1. The van der Waals surface area contributed by atoms with Gasteiger partial charge in [0.15, 0.2) is 0 Å². The summed E-state index contributed by atoms with van der Waals surface area (Å²) in [5.74, 6) is 0.233. The lowest BCUT2D eigenvalue weighted by Gasteiger charge is -2.20. The van der Waals surface area contributed by atoms with Crippen LogP contribution in [0.15, 0.2) is 150 Å². The molecule has 5 saturated heterocycles. The minimum absolute atomic E-state index is 0. The molecule has 0 aliphatic carbocycles. The molecule has 6 aromatic carbocycles. The molecule has 1 aromatic heterocycles. The molecule has 11 N–H and O–H groups in total. The number of alkyl halides is 9. The number of hydrazine groups is 2. The monoisotopic (exact) mass is 1640 g/mol. The maximum atomic E-state index is 12.8. The van der Waals surface area contributed by atoms with Gasteiger partial charge in [-0.25, -0.2) is 5.84 Å². The number of aliphatic carboxylic acids is 1. The van der Waals surface area contributed by atoms with Crippen molar-refractivity contribution >= 4 is 78.7 Å². The standard InChI is InChI=1S/C21H20F3N3O3.C21H18F3N3O2.C15H13F3N2O.C8H13NO3.C7H11NO3.C6H9NO3.CH4.H2S/c1-20(10-11-25-18(20)29)19(30)27-26-17(28)16-5-3-2-4-14(16)12-13-6-8-15(9-7-13)21(22,23)24;1-20(10-11-25-18(20)28)19-27-26-17(29-19)16-5-3-2-4-14(16)12-13-6-8-15(9-7-13)21(22,23)24;16-15(17,18)12-7-5-10(6-8-12)9-11-3-1-2-4-13(11)14(21)20-19;1-3-12-7(11)8(2)4-5-9-6(8)10;1-2-11-7(10)5-3-4-8-6(5)9;1-6(5(9)10)2-3-7-4(6)8;;/h2-9H,10-12H2,1H3,(H,25,29)(H,26,28)(H,27,30);2-9H,10-12H2,1H3,(H,25,28);1-8H,9,19H2,(H,20,21);3-5H2,1-2H3,(H,9,10);5H,2-4H2,1H3,(H,8,9);2-3H2,1H3,(H,7,8)(H,9,10);1H4;1H2/t;20-;;;;;;/m.1....../s1. The molecule has 0 radical (unpaired) electrons. The second kappa shape index (κ2) is 40.9. The van der Waals surface area contributed by atoms with Crippen molar-refractivity contribution in [3.05, 3.63) is 213 Å². The normalized spacial score (nSPS) is 19.7. The van der Waals surface area contributed by atoms with Gasteiger partial charge < -0.3 is 45.6 Å². The summed E-state index contributed by atoms with van der Waals surface area (Å²) in [4.78, 5) is 126. The van der Waals surface area contributed by atoms with Crippen LogP contribution in [0.3, 0.4) is 0 Å². The number of carbonyl (C=O) groups is 11. The van der Waals surface area contributed by atoms with Gasteiger partial charge in [-0.15, -0.1) is 10.2 Å². The fourth-order valence-corrected chi connectivity index (χ4v) is 11.8. The minimum Gasteiger partial charge on any atom is -0.480 e. The van der Waals surface area contributed by atoms with Crippen molar-refractivity contribution in [2.24, 2.45) is 28.0 Å². The number of esters is 2. The molecule has 115 heavy (non-hydrogen) atoms. The predicted molar refractivity (Wildman–Crippen MR) is 404 cm³/mol. The zero-order valence-electron chi connectivity index (χ0n) is 62.6. The first-order chi connectivity index (χ1) is 53.2. The molecule has 4 unspecified atom stereocenters. The van der Waals surface area contributed by atoms with Crippen molar-refractivity contribution in [3.8, 4) is 11.5 Å². The summed E-state index contributed by atoms with van der Waals surface area (Å²) >= 11 is 0. The highest BCUT2D eigenvalue weighted by Gasteiger charge is 2.48. The van der Waals surface area contributed by atoms with E-state index in [2.05, 4.69) is 47.6 Å². The fraction of sp³-hybridized carbons (Fsp3) is 0.380. The van der Waals surface area contributed by atoms with Crippen LogP contribution in [0.25, 0.3) is 11.5 Å². The highest BCUT2D eigenvalue weighted by Crippen LogP contribution is 2.37. The third-order valence-corrected chi connectivity index (χ3v) is 19.1. The van der Waals surface area contributed by atoms with E-state index >= 15 is 0 Å². The third-order valence-electron chi connectivity index (χ3n) is 19.1. The number of benzene rings is 6. The van der Waals surface area contributed by atoms with E-state index < -0.39 is 104 Å². The molecular formula is C79H90F9N11O15S. The van der Waals surface area contributed by atoms with Crippen molar-refractivity contribution < 1.29 is 111 Å². The molecule has 8 amide bonds. The largest absolute Gasteiger partial charge is 0.480 e. The molecule has 6 heterocycles. The second-order valence-electron chi connectivity index (χ2n) is 27.1. The Morgan fingerprint density at radius 1 is 0.504 bits per heavy atom. The van der Waals surface area contributed by atoms with Crippen LogP contribution in [0.4, 0.5) is 39.5 Å². The lowest BCUT2D eigenvalue weighted by Crippen LogP contribution is -2.51. The Labute approximate surface area is 662 Å². The van der Waals surface area contributed by atoms with Gasteiger partial charge in [0.1, 0.15) is 27.6 Å². The van der Waals surface area contributed by atoms with E-state index in [4.69, 9.17) is 24.8 Å². The number of aromatic nitrogens is 2. The van der Waals surface area contributed by atoms with Crippen molar-refractivity contribution in [1.82, 2.24) is 53.1 Å². The zero-order chi connectivity index (χ0) is 83.3. The van der Waals surface area contributed by atoms with E-state index in [-0.39, 0.29) is 68.3 Å². The number of carboxylic acids is 1. The predicted octanol–water partition coefficient (Wildman–Crippen LogP) is 9.71. The van der Waals surface area contributed by atoms with Crippen LogP contribution >= 0.6 is 13.5 Å². The number of hydrogen-bond acceptors (Lipinski definition) is 17. The van der Waals surface area contributed by atoms with Gasteiger partial charge in [0.2, 0.25) is 41.3 Å². The Bertz CT molecular complexity index is 4590. The fourth-order valence-electron chi connectivity index (χ4n) is 11.8. The summed E-state index contributed by atoms with van der Waals surface area (Å²) < 4.78 is 129. The van der Waals surface area contributed by atoms with E-state index in [9.17, 15) is 92.3 Å². The molecule has 5 atom stereocenters. The van der Waals surface area contributed by atoms with Gasteiger partial charge in [-0.1, -0.05) is 98.4 Å². The van der Waals surface area contributed by atoms with Gasteiger partial charge in [0.25, 0.3) is 17.7 Å². The zero-order valence-corrected chi connectivity index (χ0v) is 63.6. The summed E-state index contributed by atoms with van der Waals surface area (Å²) in [6.45, 7) is 13.0. The summed E-state index contributed by atoms with van der Waals surface area (Å²) in [5, 5.41) is 29.8. The van der Waals surface area contributed by atoms with Crippen molar-refractivity contribution in [1.29, 1.82) is 0 Å². The molecule has 5 aliphatic heterocycles. The summed E-state index contributed by atoms with van der Waals surface area (Å²) in [7, 11) is 0. The van der Waals surface area contributed by atoms with E-state index in [0.29, 0.717) is 124 Å². The van der Waals surface area contributed by atoms with E-state index in [0.717, 1.165) is 47.5 Å². The van der Waals surface area contributed by atoms with E-state index in [1.165, 1.54) is 50.2 Å². The molecule has 0 spiro atoms. The highest BCUT2D eigenvalue weighted by atomic mass is 32.1. The Hall–Kier alpha value is -11.7. The smallest absolute Gasteiger partial charge is 0.416 e. The number of hydrogen-bond donors (Lipinski definition) is 10. The Kier molecular flexibility index (Phi) is 33.4. The van der Waals surface area contributed by atoms with Crippen molar-refractivity contribution in [2.45, 2.75) is 124 Å². The van der Waals surface area contributed by atoms with Gasteiger partial charge in [-0.2, -0.15) is 53.0 Å². The number of nitrogens with zero attached hydrogens (tertiary/aromatic N) is 2. The molecule has 0 bridgehead atoms. The number of halogens is 9. The Morgan fingerprint density at radius 2 is 0.904 bits per heavy atom. The lowest BCUT2D eigenvalue weighted by molar-refractivity contribution is -0.158. The van der Waals surface area contributed by atoms with Crippen LogP contribution in [-0.2, 0) is 95.8 Å². The van der Waals surface area contributed by atoms with Gasteiger partial charge in [0, 0.05) is 49.4 Å². The molecule has 26 nitrogen and oxygen atoms in total. The molecule has 620 valence electrons. The van der Waals surface area contributed by atoms with Gasteiger partial charge in [-0.05, 0) is 181 Å². The first kappa shape index (κ1) is 93.9. The highest BCUT2D eigenvalue weighted by molar-refractivity contribution is 7.59. The quantitative estimate of drug-likeness (QED) is 0.0107. The molecule has 0 saturated carbocycles. The third kappa shape index (κ3) is 24.4. The number of carboxylic acid groups (broad SMARTS) is 1. The van der Waals surface area contributed by atoms with Gasteiger partial charge in [-0.3, -0.25) is 69.0 Å². The van der Waals surface area contributed by atoms with Crippen LogP contribution in [0.5, 0.6) is 0 Å². The first-order valence-electron chi connectivity index (χ1n) is 35.4. The van der Waals surface area contributed by atoms with Crippen LogP contribution < -0.4 is 48.7 Å². The summed E-state index contributed by atoms with van der Waals surface area (Å²) in [5.41, 5.74) is 5.75. The maximum Gasteiger partial charge on any atom is 0.416 e. The second-order valence-corrected chi connectivity index (χ2v) is 27.1. The molecular weight excluding hydrogens is 1550 g/mol. The number of amides is 8. The average Bonchev–Trinajstić information content (AvgIpc) is 1.65. The molecule has 5 aliphatic rings. The number of ether oxygens (including phenoxy) is 2. The van der Waals surface area contributed by atoms with Crippen LogP contribution in [0.1, 0.15) is 158 Å². The SMILES string of the molecule is C.CC1(C(=O)NNC(=O)c2ccccc2Cc2ccc(C(F)(F)F)cc2)CCNC1=O.CC1(C(=O)O)CCNC1=O.CCOC(=O)C1(C)CCNC1=O.CCOC(=O)C1CCNC1=O.C[C@@]1(c2nnc(-c3ccccc3Cc3ccc(C(F)(F)F)cc3)o2)CCNC1=O.NNC(=O)c1ccccc1Cc1ccc(C(F)(F)F)cc1.S. The van der Waals surface area contributed by atoms with Gasteiger partial charge >= 0.3 is 36.4 Å². The first-order valence-corrected chi connectivity index (χ1v) is 35.4.